The second kappa shape index (κ2) is 7.82. The number of carbonyl (C=O) groups is 1. The first kappa shape index (κ1) is 21.6. The lowest BCUT2D eigenvalue weighted by Gasteiger charge is -2.20. The number of hydrogen-bond donors (Lipinski definition) is 0. The lowest BCUT2D eigenvalue weighted by molar-refractivity contribution is -0.137. The number of aromatic nitrogens is 1. The van der Waals surface area contributed by atoms with Crippen molar-refractivity contribution in [2.24, 2.45) is 0 Å². The Hall–Kier alpha value is -3.61. The molecule has 32 heavy (non-hydrogen) atoms. The predicted molar refractivity (Wildman–Crippen MR) is 116 cm³/mol. The highest BCUT2D eigenvalue weighted by atomic mass is 19.4. The van der Waals surface area contributed by atoms with Gasteiger partial charge in [-0.15, -0.1) is 0 Å². The van der Waals surface area contributed by atoms with Crippen molar-refractivity contribution >= 4 is 27.8 Å². The first-order valence-electron chi connectivity index (χ1n) is 9.92. The number of para-hydroxylation sites is 1. The standard InChI is InChI=1S/C25H20F3NO3/c1-24(2,3)32-23(30)20-13-18(31-17-10-8-16(9-11-17)25(26,27)28)14-22-19(20)12-15-6-4-5-7-21(15)29-22/h4-14H,1-3H3. The second-order valence-corrected chi connectivity index (χ2v) is 8.34. The van der Waals surface area contributed by atoms with Crippen molar-refractivity contribution in [3.05, 3.63) is 77.9 Å². The number of carbonyl (C=O) groups excluding carboxylic acids is 1. The van der Waals surface area contributed by atoms with E-state index in [4.69, 9.17) is 9.47 Å². The molecule has 0 saturated heterocycles. The third-order valence-corrected chi connectivity index (χ3v) is 4.65. The molecule has 4 nitrogen and oxygen atoms in total. The topological polar surface area (TPSA) is 48.4 Å². The molecule has 0 radical (unpaired) electrons. The van der Waals surface area contributed by atoms with Gasteiger partial charge < -0.3 is 9.47 Å². The molecule has 0 spiro atoms. The Morgan fingerprint density at radius 3 is 2.19 bits per heavy atom. The Morgan fingerprint density at radius 2 is 1.53 bits per heavy atom. The number of ether oxygens (including phenoxy) is 2. The Bertz CT molecular complexity index is 1310. The molecule has 0 aliphatic carbocycles. The van der Waals surface area contributed by atoms with Crippen LogP contribution in [0.3, 0.4) is 0 Å². The Labute approximate surface area is 182 Å². The third kappa shape index (κ3) is 4.66. The highest BCUT2D eigenvalue weighted by molar-refractivity contribution is 6.07. The van der Waals surface area contributed by atoms with Crippen molar-refractivity contribution in [3.63, 3.8) is 0 Å². The van der Waals surface area contributed by atoms with Crippen LogP contribution in [0.25, 0.3) is 21.8 Å². The molecule has 0 saturated carbocycles. The van der Waals surface area contributed by atoms with E-state index in [9.17, 15) is 18.0 Å². The van der Waals surface area contributed by atoms with E-state index in [1.807, 2.05) is 30.3 Å². The van der Waals surface area contributed by atoms with Gasteiger partial charge in [0.25, 0.3) is 0 Å². The first-order chi connectivity index (χ1) is 15.0. The van der Waals surface area contributed by atoms with E-state index in [-0.39, 0.29) is 17.1 Å². The minimum Gasteiger partial charge on any atom is -0.457 e. The zero-order valence-electron chi connectivity index (χ0n) is 17.7. The van der Waals surface area contributed by atoms with Gasteiger partial charge in [0.1, 0.15) is 17.1 Å². The number of alkyl halides is 3. The summed E-state index contributed by atoms with van der Waals surface area (Å²) < 4.78 is 49.8. The average Bonchev–Trinajstić information content (AvgIpc) is 2.70. The number of halogens is 3. The number of benzene rings is 3. The Balaban J connectivity index is 1.80. The van der Waals surface area contributed by atoms with Gasteiger partial charge in [0.15, 0.2) is 0 Å². The summed E-state index contributed by atoms with van der Waals surface area (Å²) in [5.74, 6) is -0.0772. The van der Waals surface area contributed by atoms with Crippen LogP contribution < -0.4 is 4.74 Å². The Morgan fingerprint density at radius 1 is 0.844 bits per heavy atom. The van der Waals surface area contributed by atoms with Crippen LogP contribution in [-0.4, -0.2) is 16.6 Å². The summed E-state index contributed by atoms with van der Waals surface area (Å²) >= 11 is 0. The molecule has 3 aromatic carbocycles. The monoisotopic (exact) mass is 439 g/mol. The molecule has 0 bridgehead atoms. The molecule has 0 unspecified atom stereocenters. The van der Waals surface area contributed by atoms with Gasteiger partial charge in [0, 0.05) is 16.8 Å². The van der Waals surface area contributed by atoms with Gasteiger partial charge in [-0.3, -0.25) is 0 Å². The van der Waals surface area contributed by atoms with Crippen molar-refractivity contribution in [2.75, 3.05) is 0 Å². The van der Waals surface area contributed by atoms with Crippen LogP contribution in [0, 0.1) is 0 Å². The first-order valence-corrected chi connectivity index (χ1v) is 9.92. The maximum absolute atomic E-state index is 12.9. The molecular weight excluding hydrogens is 419 g/mol. The smallest absolute Gasteiger partial charge is 0.416 e. The maximum atomic E-state index is 12.9. The molecule has 0 aliphatic heterocycles. The van der Waals surface area contributed by atoms with Gasteiger partial charge in [-0.2, -0.15) is 13.2 Å². The molecule has 4 rings (SSSR count). The molecule has 0 aliphatic rings. The van der Waals surface area contributed by atoms with E-state index >= 15 is 0 Å². The zero-order chi connectivity index (χ0) is 23.1. The molecule has 0 fully saturated rings. The van der Waals surface area contributed by atoms with Gasteiger partial charge in [-0.05, 0) is 63.2 Å². The van der Waals surface area contributed by atoms with Crippen LogP contribution in [0.4, 0.5) is 13.2 Å². The van der Waals surface area contributed by atoms with Gasteiger partial charge in [0.05, 0.1) is 22.2 Å². The number of hydrogen-bond acceptors (Lipinski definition) is 4. The quantitative estimate of drug-likeness (QED) is 0.251. The SMILES string of the molecule is CC(C)(C)OC(=O)c1cc(Oc2ccc(C(F)(F)F)cc2)cc2nc3ccccc3cc12. The van der Waals surface area contributed by atoms with Crippen LogP contribution in [0.2, 0.25) is 0 Å². The molecule has 1 aromatic heterocycles. The molecule has 164 valence electrons. The fourth-order valence-corrected chi connectivity index (χ4v) is 3.26. The lowest BCUT2D eigenvalue weighted by Crippen LogP contribution is -2.24. The summed E-state index contributed by atoms with van der Waals surface area (Å²) in [5, 5.41) is 1.46. The van der Waals surface area contributed by atoms with Crippen LogP contribution in [0.15, 0.2) is 66.7 Å². The average molecular weight is 439 g/mol. The van der Waals surface area contributed by atoms with Crippen molar-refractivity contribution < 1.29 is 27.4 Å². The molecule has 4 aromatic rings. The summed E-state index contributed by atoms with van der Waals surface area (Å²) in [4.78, 5) is 17.6. The zero-order valence-corrected chi connectivity index (χ0v) is 17.7. The summed E-state index contributed by atoms with van der Waals surface area (Å²) in [6.07, 6.45) is -4.43. The number of nitrogens with zero attached hydrogens (tertiary/aromatic N) is 1. The largest absolute Gasteiger partial charge is 0.457 e. The maximum Gasteiger partial charge on any atom is 0.416 e. The van der Waals surface area contributed by atoms with Crippen molar-refractivity contribution in [1.29, 1.82) is 0 Å². The van der Waals surface area contributed by atoms with Crippen molar-refractivity contribution in [3.8, 4) is 11.5 Å². The highest BCUT2D eigenvalue weighted by Gasteiger charge is 2.30. The van der Waals surface area contributed by atoms with E-state index in [0.29, 0.717) is 10.9 Å². The van der Waals surface area contributed by atoms with E-state index in [1.54, 1.807) is 26.8 Å². The molecule has 0 amide bonds. The molecule has 0 atom stereocenters. The van der Waals surface area contributed by atoms with E-state index in [1.165, 1.54) is 18.2 Å². The molecule has 0 N–H and O–H groups in total. The summed E-state index contributed by atoms with van der Waals surface area (Å²) in [5.41, 5.74) is 0.0251. The summed E-state index contributed by atoms with van der Waals surface area (Å²) in [7, 11) is 0. The van der Waals surface area contributed by atoms with Gasteiger partial charge >= 0.3 is 12.1 Å². The van der Waals surface area contributed by atoms with Gasteiger partial charge in [-0.25, -0.2) is 9.78 Å². The van der Waals surface area contributed by atoms with Crippen LogP contribution in [0.5, 0.6) is 11.5 Å². The summed E-state index contributed by atoms with van der Waals surface area (Å²) in [6.45, 7) is 5.30. The van der Waals surface area contributed by atoms with Crippen LogP contribution >= 0.6 is 0 Å². The minimum absolute atomic E-state index is 0.202. The normalized spacial score (nSPS) is 12.2. The van der Waals surface area contributed by atoms with E-state index < -0.39 is 23.3 Å². The number of rotatable bonds is 3. The number of fused-ring (bicyclic) bond motifs is 2. The van der Waals surface area contributed by atoms with E-state index in [2.05, 4.69) is 4.98 Å². The minimum atomic E-state index is -4.43. The predicted octanol–water partition coefficient (Wildman–Crippen LogP) is 7.15. The fraction of sp³-hybridized carbons (Fsp3) is 0.200. The van der Waals surface area contributed by atoms with Crippen molar-refractivity contribution in [2.45, 2.75) is 32.5 Å². The third-order valence-electron chi connectivity index (χ3n) is 4.65. The summed E-state index contributed by atoms with van der Waals surface area (Å²) in [6, 6.07) is 16.9. The highest BCUT2D eigenvalue weighted by Crippen LogP contribution is 2.34. The number of esters is 1. The van der Waals surface area contributed by atoms with Gasteiger partial charge in [0.2, 0.25) is 0 Å². The lowest BCUT2D eigenvalue weighted by atomic mass is 10.0. The molecule has 1 heterocycles. The second-order valence-electron chi connectivity index (χ2n) is 8.34. The van der Waals surface area contributed by atoms with Crippen molar-refractivity contribution in [1.82, 2.24) is 4.98 Å². The molecular formula is C25H20F3NO3. The van der Waals surface area contributed by atoms with Crippen LogP contribution in [0.1, 0.15) is 36.7 Å². The van der Waals surface area contributed by atoms with Gasteiger partial charge in [-0.1, -0.05) is 18.2 Å². The van der Waals surface area contributed by atoms with Crippen LogP contribution in [-0.2, 0) is 10.9 Å². The fourth-order valence-electron chi connectivity index (χ4n) is 3.26. The number of pyridine rings is 1. The molecule has 7 heteroatoms. The Kier molecular flexibility index (Phi) is 5.28. The van der Waals surface area contributed by atoms with E-state index in [0.717, 1.165) is 23.0 Å².